The normalized spacial score (nSPS) is 24.4. The van der Waals surface area contributed by atoms with Crippen molar-refractivity contribution in [1.29, 1.82) is 0 Å². The molecule has 1 aliphatic rings. The minimum absolute atomic E-state index is 0.00980. The lowest BCUT2D eigenvalue weighted by Crippen LogP contribution is -2.60. The summed E-state index contributed by atoms with van der Waals surface area (Å²) in [4.78, 5) is 12.6. The average Bonchev–Trinajstić information content (AvgIpc) is 3.00. The van der Waals surface area contributed by atoms with Gasteiger partial charge in [-0.1, -0.05) is 96.8 Å². The maximum Gasteiger partial charge on any atom is 0.389 e. The lowest BCUT2D eigenvalue weighted by molar-refractivity contribution is -0.303. The monoisotopic (exact) mass is 659 g/mol. The van der Waals surface area contributed by atoms with Crippen molar-refractivity contribution in [2.24, 2.45) is 0 Å². The highest BCUT2D eigenvalue weighted by molar-refractivity contribution is 5.76. The zero-order chi connectivity index (χ0) is 33.7. The summed E-state index contributed by atoms with van der Waals surface area (Å²) in [5.74, 6) is -0.496. The summed E-state index contributed by atoms with van der Waals surface area (Å²) < 4.78 is 47.8. The van der Waals surface area contributed by atoms with Crippen LogP contribution in [0.15, 0.2) is 0 Å². The zero-order valence-corrected chi connectivity index (χ0v) is 27.0. The SMILES string of the molecule is CCCCCCCCCCCCCC[C@@H](O)[C@@H](O)[C@H](CO[C@H]1O[C@H](CO)[C@H](O)[C@H](O)[C@H]1O)NC(=O)CCCCCCC(F)(F)F. The molecule has 10 nitrogen and oxygen atoms in total. The van der Waals surface area contributed by atoms with E-state index in [2.05, 4.69) is 12.2 Å². The van der Waals surface area contributed by atoms with Gasteiger partial charge in [0.25, 0.3) is 0 Å². The molecule has 13 heteroatoms. The quantitative estimate of drug-likeness (QED) is 0.0679. The molecule has 1 amide bonds. The van der Waals surface area contributed by atoms with Gasteiger partial charge in [-0.25, -0.2) is 0 Å². The molecule has 1 aliphatic heterocycles. The van der Waals surface area contributed by atoms with E-state index in [1.165, 1.54) is 51.4 Å². The van der Waals surface area contributed by atoms with Crippen LogP contribution in [-0.2, 0) is 14.3 Å². The van der Waals surface area contributed by atoms with E-state index in [1.54, 1.807) is 0 Å². The molecule has 0 aromatic heterocycles. The second-order valence-corrected chi connectivity index (χ2v) is 12.5. The standard InChI is InChI=1S/C32H60F3NO9/c1-2-3-4-5-6-7-8-9-10-11-12-15-18-24(38)27(40)23(36-26(39)19-16-13-14-17-20-32(33,34)35)22-44-31-30(43)29(42)28(41)25(21-37)45-31/h23-25,27-31,37-38,40-43H,2-22H2,1H3,(H,36,39)/t23-,24+,25+,27-,28-,29-,30+,31-/m0/s1. The van der Waals surface area contributed by atoms with Gasteiger partial charge < -0.3 is 45.4 Å². The molecule has 268 valence electrons. The number of carbonyl (C=O) groups excluding carboxylic acids is 1. The van der Waals surface area contributed by atoms with E-state index in [9.17, 15) is 48.6 Å². The number of alkyl halides is 3. The number of nitrogens with one attached hydrogen (secondary N) is 1. The highest BCUT2D eigenvalue weighted by atomic mass is 19.4. The van der Waals surface area contributed by atoms with Crippen molar-refractivity contribution in [3.05, 3.63) is 0 Å². The van der Waals surface area contributed by atoms with Gasteiger partial charge >= 0.3 is 6.18 Å². The Balaban J connectivity index is 2.55. The summed E-state index contributed by atoms with van der Waals surface area (Å²) in [6.07, 6.45) is -0.295. The first-order chi connectivity index (χ1) is 21.4. The molecule has 0 aromatic carbocycles. The van der Waals surface area contributed by atoms with E-state index in [0.29, 0.717) is 25.7 Å². The van der Waals surface area contributed by atoms with Crippen LogP contribution in [0.2, 0.25) is 0 Å². The summed E-state index contributed by atoms with van der Waals surface area (Å²) >= 11 is 0. The van der Waals surface area contributed by atoms with Crippen LogP contribution in [-0.4, -0.2) is 105 Å². The fraction of sp³-hybridized carbons (Fsp3) is 0.969. The van der Waals surface area contributed by atoms with Gasteiger partial charge in [-0.3, -0.25) is 4.79 Å². The van der Waals surface area contributed by atoms with Crippen LogP contribution in [0.4, 0.5) is 13.2 Å². The van der Waals surface area contributed by atoms with E-state index in [-0.39, 0.29) is 19.3 Å². The number of halogens is 3. The number of unbranched alkanes of at least 4 members (excludes halogenated alkanes) is 14. The van der Waals surface area contributed by atoms with E-state index in [0.717, 1.165) is 19.3 Å². The molecule has 1 heterocycles. The number of aliphatic hydroxyl groups excluding tert-OH is 6. The minimum Gasteiger partial charge on any atom is -0.394 e. The molecular weight excluding hydrogens is 599 g/mol. The van der Waals surface area contributed by atoms with Gasteiger partial charge in [0.2, 0.25) is 5.91 Å². The van der Waals surface area contributed by atoms with Crippen molar-refractivity contribution in [3.8, 4) is 0 Å². The molecule has 7 N–H and O–H groups in total. The number of carbonyl (C=O) groups is 1. The topological polar surface area (TPSA) is 169 Å². The number of amides is 1. The van der Waals surface area contributed by atoms with E-state index in [1.807, 2.05) is 0 Å². The van der Waals surface area contributed by atoms with Crippen LogP contribution in [0.3, 0.4) is 0 Å². The van der Waals surface area contributed by atoms with Crippen molar-refractivity contribution < 1.29 is 58.1 Å². The van der Waals surface area contributed by atoms with Gasteiger partial charge in [-0.15, -0.1) is 0 Å². The summed E-state index contributed by atoms with van der Waals surface area (Å²) in [5, 5.41) is 63.9. The molecule has 0 aliphatic carbocycles. The Kier molecular flexibility index (Phi) is 22.5. The Morgan fingerprint density at radius 1 is 0.800 bits per heavy atom. The van der Waals surface area contributed by atoms with Crippen molar-refractivity contribution in [2.45, 2.75) is 184 Å². The Morgan fingerprint density at radius 2 is 1.33 bits per heavy atom. The Labute approximate surface area is 266 Å². The third-order valence-corrected chi connectivity index (χ3v) is 8.41. The van der Waals surface area contributed by atoms with Gasteiger partial charge in [0.15, 0.2) is 6.29 Å². The van der Waals surface area contributed by atoms with Gasteiger partial charge in [0.05, 0.1) is 25.4 Å². The van der Waals surface area contributed by atoms with Gasteiger partial charge in [0, 0.05) is 12.8 Å². The zero-order valence-electron chi connectivity index (χ0n) is 27.0. The van der Waals surface area contributed by atoms with Crippen molar-refractivity contribution in [2.75, 3.05) is 13.2 Å². The van der Waals surface area contributed by atoms with Gasteiger partial charge in [-0.2, -0.15) is 13.2 Å². The highest BCUT2D eigenvalue weighted by Crippen LogP contribution is 2.24. The highest BCUT2D eigenvalue weighted by Gasteiger charge is 2.44. The van der Waals surface area contributed by atoms with Crippen LogP contribution in [0, 0.1) is 0 Å². The molecule has 0 saturated carbocycles. The first-order valence-corrected chi connectivity index (χ1v) is 17.1. The Hall–Kier alpha value is -1.06. The summed E-state index contributed by atoms with van der Waals surface area (Å²) in [5.41, 5.74) is 0. The summed E-state index contributed by atoms with van der Waals surface area (Å²) in [7, 11) is 0. The maximum atomic E-state index is 12.6. The van der Waals surface area contributed by atoms with Crippen LogP contribution >= 0.6 is 0 Å². The maximum absolute atomic E-state index is 12.6. The second-order valence-electron chi connectivity index (χ2n) is 12.5. The first kappa shape index (κ1) is 42.0. The number of hydrogen-bond acceptors (Lipinski definition) is 9. The predicted octanol–water partition coefficient (Wildman–Crippen LogP) is 4.00. The molecule has 45 heavy (non-hydrogen) atoms. The van der Waals surface area contributed by atoms with Gasteiger partial charge in [0.1, 0.15) is 30.5 Å². The van der Waals surface area contributed by atoms with E-state index >= 15 is 0 Å². The lowest BCUT2D eigenvalue weighted by Gasteiger charge is -2.40. The summed E-state index contributed by atoms with van der Waals surface area (Å²) in [6, 6.07) is -1.14. The van der Waals surface area contributed by atoms with Crippen LogP contribution in [0.1, 0.15) is 129 Å². The number of hydrogen-bond donors (Lipinski definition) is 7. The fourth-order valence-corrected chi connectivity index (χ4v) is 5.51. The lowest BCUT2D eigenvalue weighted by atomic mass is 9.98. The minimum atomic E-state index is -4.21. The number of rotatable bonds is 26. The molecule has 1 saturated heterocycles. The predicted molar refractivity (Wildman–Crippen MR) is 163 cm³/mol. The molecule has 1 fully saturated rings. The molecule has 0 spiro atoms. The first-order valence-electron chi connectivity index (χ1n) is 17.1. The Morgan fingerprint density at radius 3 is 1.89 bits per heavy atom. The van der Waals surface area contributed by atoms with Crippen LogP contribution in [0.5, 0.6) is 0 Å². The third kappa shape index (κ3) is 18.8. The van der Waals surface area contributed by atoms with Crippen LogP contribution in [0.25, 0.3) is 0 Å². The molecule has 8 atom stereocenters. The van der Waals surface area contributed by atoms with Crippen molar-refractivity contribution >= 4 is 5.91 Å². The average molecular weight is 660 g/mol. The van der Waals surface area contributed by atoms with E-state index < -0.39 is 80.7 Å². The molecule has 0 aromatic rings. The molecule has 0 bridgehead atoms. The van der Waals surface area contributed by atoms with E-state index in [4.69, 9.17) is 9.47 Å². The molecule has 0 radical (unpaired) electrons. The number of aliphatic hydroxyl groups is 6. The third-order valence-electron chi connectivity index (χ3n) is 8.41. The fourth-order valence-electron chi connectivity index (χ4n) is 5.51. The van der Waals surface area contributed by atoms with Crippen molar-refractivity contribution in [1.82, 2.24) is 5.32 Å². The molecular formula is C32H60F3NO9. The smallest absolute Gasteiger partial charge is 0.389 e. The molecule has 1 rings (SSSR count). The van der Waals surface area contributed by atoms with Crippen LogP contribution < -0.4 is 5.32 Å². The Bertz CT molecular complexity index is 747. The largest absolute Gasteiger partial charge is 0.394 e. The number of ether oxygens (including phenoxy) is 2. The summed E-state index contributed by atoms with van der Waals surface area (Å²) in [6.45, 7) is 1.12. The van der Waals surface area contributed by atoms with Crippen molar-refractivity contribution in [3.63, 3.8) is 0 Å². The van der Waals surface area contributed by atoms with Gasteiger partial charge in [-0.05, 0) is 19.3 Å². The second kappa shape index (κ2) is 24.1. The molecule has 0 unspecified atom stereocenters.